The van der Waals surface area contributed by atoms with Crippen molar-refractivity contribution in [2.45, 2.75) is 0 Å². The Morgan fingerprint density at radius 1 is 1.03 bits per heavy atom. The highest BCUT2D eigenvalue weighted by Crippen LogP contribution is 2.39. The third-order valence-electron chi connectivity index (χ3n) is 4.92. The number of nitrogens with zero attached hydrogens (tertiary/aromatic N) is 3. The van der Waals surface area contributed by atoms with Gasteiger partial charge in [0.2, 0.25) is 0 Å². The van der Waals surface area contributed by atoms with Crippen molar-refractivity contribution < 1.29 is 23.7 Å². The molecule has 0 N–H and O–H groups in total. The van der Waals surface area contributed by atoms with Crippen molar-refractivity contribution >= 4 is 32.6 Å². The molecule has 2 aromatic carbocycles. The summed E-state index contributed by atoms with van der Waals surface area (Å²) in [6, 6.07) is 8.96. The van der Waals surface area contributed by atoms with Crippen LogP contribution in [0.5, 0.6) is 23.0 Å². The number of anilines is 1. The van der Waals surface area contributed by atoms with Crippen LogP contribution in [-0.4, -0.2) is 70.4 Å². The maximum Gasteiger partial charge on any atom is 0.260 e. The maximum absolute atomic E-state index is 13.5. The van der Waals surface area contributed by atoms with Crippen LogP contribution in [0.1, 0.15) is 10.4 Å². The highest BCUT2D eigenvalue weighted by atomic mass is 32.1. The van der Waals surface area contributed by atoms with Crippen LogP contribution < -0.4 is 23.8 Å². The molecule has 0 unspecified atom stereocenters. The molecule has 0 spiro atoms. The Hall–Kier alpha value is -3.04. The fourth-order valence-corrected chi connectivity index (χ4v) is 4.28. The van der Waals surface area contributed by atoms with E-state index in [-0.39, 0.29) is 5.91 Å². The van der Waals surface area contributed by atoms with E-state index in [0.29, 0.717) is 60.0 Å². The molecule has 0 bridgehead atoms. The monoisotopic (exact) mass is 443 g/mol. The minimum absolute atomic E-state index is 0.154. The molecule has 1 amide bonds. The maximum atomic E-state index is 13.5. The zero-order valence-electron chi connectivity index (χ0n) is 18.0. The summed E-state index contributed by atoms with van der Waals surface area (Å²) in [4.78, 5) is 22.0. The van der Waals surface area contributed by atoms with Crippen molar-refractivity contribution in [3.8, 4) is 23.0 Å². The van der Waals surface area contributed by atoms with Crippen molar-refractivity contribution in [1.82, 2.24) is 9.88 Å². The molecule has 3 aromatic rings. The summed E-state index contributed by atoms with van der Waals surface area (Å²) in [6.07, 6.45) is 0. The lowest BCUT2D eigenvalue weighted by Crippen LogP contribution is -2.36. The predicted octanol–water partition coefficient (Wildman–Crippen LogP) is 3.29. The van der Waals surface area contributed by atoms with E-state index in [2.05, 4.69) is 0 Å². The zero-order valence-corrected chi connectivity index (χ0v) is 18.8. The van der Waals surface area contributed by atoms with Crippen LogP contribution in [0.2, 0.25) is 0 Å². The van der Waals surface area contributed by atoms with Crippen LogP contribution in [-0.2, 0) is 0 Å². The molecule has 31 heavy (non-hydrogen) atoms. The third kappa shape index (κ3) is 4.38. The van der Waals surface area contributed by atoms with Gasteiger partial charge in [0, 0.05) is 30.8 Å². The van der Waals surface area contributed by atoms with E-state index in [0.717, 1.165) is 10.2 Å². The Morgan fingerprint density at radius 2 is 1.74 bits per heavy atom. The van der Waals surface area contributed by atoms with Gasteiger partial charge in [0.05, 0.1) is 24.4 Å². The third-order valence-corrected chi connectivity index (χ3v) is 5.96. The second-order valence-corrected chi connectivity index (χ2v) is 8.30. The SMILES string of the molecule is COc1ccc(C(=O)N(CCN(C)C)c2nc3cc4c(cc3s2)OCCO4)cc1OC. The number of carbonyl (C=O) groups is 1. The number of carbonyl (C=O) groups excluding carboxylic acids is 1. The number of fused-ring (bicyclic) bond motifs is 2. The first-order valence-corrected chi connectivity index (χ1v) is 10.7. The van der Waals surface area contributed by atoms with Gasteiger partial charge in [-0.3, -0.25) is 9.69 Å². The van der Waals surface area contributed by atoms with Gasteiger partial charge in [0.15, 0.2) is 28.1 Å². The Morgan fingerprint density at radius 3 is 2.42 bits per heavy atom. The highest BCUT2D eigenvalue weighted by molar-refractivity contribution is 7.22. The second kappa shape index (κ2) is 8.99. The molecule has 0 saturated heterocycles. The van der Waals surface area contributed by atoms with Crippen LogP contribution in [0.25, 0.3) is 10.2 Å². The van der Waals surface area contributed by atoms with Gasteiger partial charge in [-0.25, -0.2) is 4.98 Å². The van der Waals surface area contributed by atoms with Gasteiger partial charge >= 0.3 is 0 Å². The minimum atomic E-state index is -0.154. The van der Waals surface area contributed by atoms with Gasteiger partial charge in [-0.1, -0.05) is 11.3 Å². The zero-order chi connectivity index (χ0) is 22.0. The average molecular weight is 444 g/mol. The van der Waals surface area contributed by atoms with Crippen molar-refractivity contribution in [2.75, 3.05) is 59.5 Å². The van der Waals surface area contributed by atoms with Gasteiger partial charge in [-0.05, 0) is 32.3 Å². The van der Waals surface area contributed by atoms with Crippen LogP contribution in [0, 0.1) is 0 Å². The lowest BCUT2D eigenvalue weighted by molar-refractivity contribution is 0.0985. The predicted molar refractivity (Wildman–Crippen MR) is 120 cm³/mol. The number of ether oxygens (including phenoxy) is 4. The summed E-state index contributed by atoms with van der Waals surface area (Å²) in [6.45, 7) is 2.23. The fraction of sp³-hybridized carbons (Fsp3) is 0.364. The van der Waals surface area contributed by atoms with E-state index in [4.69, 9.17) is 23.9 Å². The molecule has 1 aromatic heterocycles. The molecule has 0 radical (unpaired) electrons. The van der Waals surface area contributed by atoms with E-state index in [1.54, 1.807) is 37.3 Å². The number of likely N-dealkylation sites (N-methyl/N-ethyl adjacent to an activating group) is 1. The molecule has 4 rings (SSSR count). The fourth-order valence-electron chi connectivity index (χ4n) is 3.28. The van der Waals surface area contributed by atoms with Crippen molar-refractivity contribution in [3.05, 3.63) is 35.9 Å². The molecular formula is C22H25N3O5S. The van der Waals surface area contributed by atoms with E-state index >= 15 is 0 Å². The summed E-state index contributed by atoms with van der Waals surface area (Å²) < 4.78 is 23.0. The first-order valence-electron chi connectivity index (χ1n) is 9.89. The lowest BCUT2D eigenvalue weighted by atomic mass is 10.1. The van der Waals surface area contributed by atoms with Gasteiger partial charge in [-0.2, -0.15) is 0 Å². The number of amides is 1. The number of rotatable bonds is 7. The smallest absolute Gasteiger partial charge is 0.260 e. The first kappa shape index (κ1) is 21.2. The number of hydrogen-bond acceptors (Lipinski definition) is 8. The summed E-state index contributed by atoms with van der Waals surface area (Å²) in [7, 11) is 7.06. The topological polar surface area (TPSA) is 73.4 Å². The normalized spacial score (nSPS) is 12.8. The van der Waals surface area contributed by atoms with Gasteiger partial charge in [-0.15, -0.1) is 0 Å². The van der Waals surface area contributed by atoms with E-state index in [1.165, 1.54) is 11.3 Å². The minimum Gasteiger partial charge on any atom is -0.493 e. The Balaban J connectivity index is 1.71. The first-order chi connectivity index (χ1) is 15.0. The van der Waals surface area contributed by atoms with Crippen molar-refractivity contribution in [2.24, 2.45) is 0 Å². The van der Waals surface area contributed by atoms with Gasteiger partial charge in [0.1, 0.15) is 13.2 Å². The van der Waals surface area contributed by atoms with Crippen molar-refractivity contribution in [1.29, 1.82) is 0 Å². The van der Waals surface area contributed by atoms with Gasteiger partial charge in [0.25, 0.3) is 5.91 Å². The molecule has 0 fully saturated rings. The van der Waals surface area contributed by atoms with Crippen LogP contribution in [0.3, 0.4) is 0 Å². The quantitative estimate of drug-likeness (QED) is 0.555. The van der Waals surface area contributed by atoms with E-state index in [9.17, 15) is 4.79 Å². The molecule has 1 aliphatic heterocycles. The largest absolute Gasteiger partial charge is 0.493 e. The summed E-state index contributed by atoms with van der Waals surface area (Å²) in [5.74, 6) is 2.32. The van der Waals surface area contributed by atoms with Crippen LogP contribution in [0.4, 0.5) is 5.13 Å². The molecular weight excluding hydrogens is 418 g/mol. The number of thiazole rings is 1. The molecule has 1 aliphatic rings. The Labute approximate surface area is 184 Å². The van der Waals surface area contributed by atoms with Crippen LogP contribution >= 0.6 is 11.3 Å². The van der Waals surface area contributed by atoms with Crippen LogP contribution in [0.15, 0.2) is 30.3 Å². The molecule has 9 heteroatoms. The molecule has 0 saturated carbocycles. The number of hydrogen-bond donors (Lipinski definition) is 0. The number of methoxy groups -OCH3 is 2. The number of aromatic nitrogens is 1. The molecule has 2 heterocycles. The number of benzene rings is 2. The Kier molecular flexibility index (Phi) is 6.15. The molecule has 0 aliphatic carbocycles. The molecule has 164 valence electrons. The second-order valence-electron chi connectivity index (χ2n) is 7.29. The van der Waals surface area contributed by atoms with Gasteiger partial charge < -0.3 is 23.8 Å². The Bertz CT molecular complexity index is 1060. The summed E-state index contributed by atoms with van der Waals surface area (Å²) >= 11 is 1.45. The lowest BCUT2D eigenvalue weighted by Gasteiger charge is -2.22. The molecule has 0 atom stereocenters. The van der Waals surface area contributed by atoms with Crippen molar-refractivity contribution in [3.63, 3.8) is 0 Å². The average Bonchev–Trinajstić information content (AvgIpc) is 3.19. The van der Waals surface area contributed by atoms with E-state index in [1.807, 2.05) is 31.1 Å². The summed E-state index contributed by atoms with van der Waals surface area (Å²) in [5, 5.41) is 0.624. The van der Waals surface area contributed by atoms with E-state index < -0.39 is 0 Å². The molecule has 8 nitrogen and oxygen atoms in total. The standard InChI is InChI=1S/C22H25N3O5S/c1-24(2)7-8-25(21(26)14-5-6-16(27-3)17(11-14)28-4)22-23-15-12-18-19(13-20(15)31-22)30-10-9-29-18/h5-6,11-13H,7-10H2,1-4H3. The highest BCUT2D eigenvalue weighted by Gasteiger charge is 2.24. The summed E-state index contributed by atoms with van der Waals surface area (Å²) in [5.41, 5.74) is 1.28.